The molecule has 0 saturated carbocycles. The summed E-state index contributed by atoms with van der Waals surface area (Å²) in [5.41, 5.74) is 5.11. The molecule has 4 aromatic carbocycles. The molecule has 6 fully saturated rings. The van der Waals surface area contributed by atoms with Crippen LogP contribution < -0.4 is 9.47 Å². The van der Waals surface area contributed by atoms with Gasteiger partial charge in [0, 0.05) is 33.0 Å². The molecule has 0 spiro atoms. The van der Waals surface area contributed by atoms with Crippen molar-refractivity contribution in [2.24, 2.45) is 0 Å². The Balaban J connectivity index is 0.931. The number of H-pyrrole nitrogens is 2. The van der Waals surface area contributed by atoms with Gasteiger partial charge in [0.15, 0.2) is 59.0 Å². The fraction of sp³-hybridized carbons (Fsp3) is 0.429. The van der Waals surface area contributed by atoms with Crippen molar-refractivity contribution < 1.29 is 56.8 Å². The molecule has 0 amide bonds. The molecule has 8 aliphatic heterocycles. The van der Waals surface area contributed by atoms with Gasteiger partial charge in [-0.25, -0.2) is 29.9 Å². The van der Waals surface area contributed by atoms with Crippen molar-refractivity contribution in [3.63, 3.8) is 0 Å². The third kappa shape index (κ3) is 7.64. The number of hydrogen-bond acceptors (Lipinski definition) is 18. The van der Waals surface area contributed by atoms with Gasteiger partial charge in [-0.15, -0.1) is 0 Å². The number of nitrogens with one attached hydrogen (secondary N) is 2. The monoisotopic (exact) mass is 1030 g/mol. The highest BCUT2D eigenvalue weighted by Crippen LogP contribution is 2.48. The van der Waals surface area contributed by atoms with Gasteiger partial charge >= 0.3 is 0 Å². The second-order valence-corrected chi connectivity index (χ2v) is 22.1. The standard InChI is InChI=1S/C56H54N8O12/c1-53(2)69-37-33(67-51-41(39(37)71-53)73-55(5,6)75-51)23-65-31-21-22-32(66-24-34-38-40(72-54(3,4)70-38)42-52(68-34)76-56(7,8)74-42)36-35(31)49-62-47-29-19-13-11-17-27(29)45(60-47)58-43-25-15-9-10-16-26(25)44(57-43)59-46-28-18-12-14-20-30(28)48(61-46)63-50(36)64-49/h9-22,33-34,37-42,51-52H,23-24H2,1-8H3,(H2,57,58,59,60,61,62,63,64)/t33-,34-,37+,38+,39+,40+,41-,42-,51-,52-/m1/s1. The van der Waals surface area contributed by atoms with E-state index < -0.39 is 84.6 Å². The first-order chi connectivity index (χ1) is 36.5. The molecule has 7 aromatic rings. The SMILES string of the molecule is CC1(C)O[C@H]2[C@@H](O1)[C@@H](COc1ccc(OC[C@H]3O[C@@H]4OC(C)(C)O[C@@H]4[C@H]4OC(C)(C)O[C@H]43)c3c4nc5nc(nc6[nH]c(nc7nc(nc([nH]4)c13)-c1ccccc1-7)c1ccccc61)-c1ccccc1-5)O[C@@H]1OC(C)(C)O[C@@H]12. The van der Waals surface area contributed by atoms with Crippen molar-refractivity contribution in [2.45, 2.75) is 140 Å². The van der Waals surface area contributed by atoms with Crippen molar-refractivity contribution in [3.8, 4) is 57.1 Å². The Morgan fingerprint density at radius 2 is 0.711 bits per heavy atom. The van der Waals surface area contributed by atoms with Crippen molar-refractivity contribution in [2.75, 3.05) is 13.2 Å². The maximum absolute atomic E-state index is 6.96. The van der Waals surface area contributed by atoms with Gasteiger partial charge in [-0.05, 0) is 67.5 Å². The molecule has 3 aromatic heterocycles. The van der Waals surface area contributed by atoms with Crippen molar-refractivity contribution in [1.29, 1.82) is 0 Å². The average Bonchev–Trinajstić information content (AvgIpc) is 4.40. The minimum absolute atomic E-state index is 0.0273. The summed E-state index contributed by atoms with van der Waals surface area (Å²) < 4.78 is 78.3. The summed E-state index contributed by atoms with van der Waals surface area (Å²) in [5, 5.41) is 2.84. The highest BCUT2D eigenvalue weighted by molar-refractivity contribution is 6.12. The summed E-state index contributed by atoms with van der Waals surface area (Å²) >= 11 is 0. The minimum Gasteiger partial charge on any atom is -0.490 e. The quantitative estimate of drug-likeness (QED) is 0.160. The molecule has 8 bridgehead atoms. The van der Waals surface area contributed by atoms with E-state index >= 15 is 0 Å². The van der Waals surface area contributed by atoms with E-state index in [2.05, 4.69) is 9.97 Å². The van der Waals surface area contributed by atoms with Crippen LogP contribution in [-0.2, 0) is 47.4 Å². The zero-order valence-corrected chi connectivity index (χ0v) is 42.9. The maximum atomic E-state index is 6.96. The van der Waals surface area contributed by atoms with Gasteiger partial charge in [0.1, 0.15) is 96.1 Å². The predicted molar refractivity (Wildman–Crippen MR) is 272 cm³/mol. The molecule has 20 heteroatoms. The number of ether oxygens (including phenoxy) is 12. The van der Waals surface area contributed by atoms with Crippen LogP contribution in [0.5, 0.6) is 11.5 Å². The number of aromatic amines is 2. The molecule has 76 heavy (non-hydrogen) atoms. The summed E-state index contributed by atoms with van der Waals surface area (Å²) in [6.45, 7) is 15.0. The Kier molecular flexibility index (Phi) is 10.1. The number of rotatable bonds is 6. The first-order valence-corrected chi connectivity index (χ1v) is 25.8. The number of fused-ring (bicyclic) bond motifs is 26. The summed E-state index contributed by atoms with van der Waals surface area (Å²) in [4.78, 5) is 38.4. The van der Waals surface area contributed by atoms with Gasteiger partial charge in [0.25, 0.3) is 0 Å². The lowest BCUT2D eigenvalue weighted by atomic mass is 9.99. The van der Waals surface area contributed by atoms with E-state index in [4.69, 9.17) is 86.7 Å². The minimum atomic E-state index is -0.916. The van der Waals surface area contributed by atoms with E-state index in [0.717, 1.165) is 33.0 Å². The second-order valence-electron chi connectivity index (χ2n) is 22.1. The number of benzene rings is 4. The molecule has 15 rings (SSSR count). The lowest BCUT2D eigenvalue weighted by Gasteiger charge is -2.37. The summed E-state index contributed by atoms with van der Waals surface area (Å²) in [7, 11) is 0. The molecule has 0 radical (unpaired) electrons. The van der Waals surface area contributed by atoms with Gasteiger partial charge < -0.3 is 66.8 Å². The average molecular weight is 1030 g/mol. The first kappa shape index (κ1) is 46.7. The maximum Gasteiger partial charge on any atom is 0.190 e. The molecule has 0 unspecified atom stereocenters. The Hall–Kier alpha value is -6.56. The molecular weight excluding hydrogens is 977 g/mol. The Labute approximate surface area is 434 Å². The molecule has 11 heterocycles. The van der Waals surface area contributed by atoms with Gasteiger partial charge in [-0.1, -0.05) is 72.8 Å². The predicted octanol–water partition coefficient (Wildman–Crippen LogP) is 8.42. The van der Waals surface area contributed by atoms with E-state index in [9.17, 15) is 0 Å². The molecule has 390 valence electrons. The highest BCUT2D eigenvalue weighted by Gasteiger charge is 2.62. The van der Waals surface area contributed by atoms with Crippen LogP contribution in [0.1, 0.15) is 55.4 Å². The third-order valence-electron chi connectivity index (χ3n) is 14.9. The molecule has 2 N–H and O–H groups in total. The molecule has 20 nitrogen and oxygen atoms in total. The van der Waals surface area contributed by atoms with Crippen LogP contribution >= 0.6 is 0 Å². The van der Waals surface area contributed by atoms with Crippen LogP contribution in [0.25, 0.3) is 89.7 Å². The smallest absolute Gasteiger partial charge is 0.190 e. The van der Waals surface area contributed by atoms with Crippen LogP contribution in [0.3, 0.4) is 0 Å². The number of aromatic nitrogens is 8. The van der Waals surface area contributed by atoms with Gasteiger partial charge in [0.2, 0.25) is 0 Å². The zero-order chi connectivity index (χ0) is 51.6. The Morgan fingerprint density at radius 1 is 0.382 bits per heavy atom. The van der Waals surface area contributed by atoms with E-state index in [1.54, 1.807) is 0 Å². The summed E-state index contributed by atoms with van der Waals surface area (Å²) in [6.07, 6.45) is -5.84. The zero-order valence-electron chi connectivity index (χ0n) is 42.9. The van der Waals surface area contributed by atoms with Gasteiger partial charge in [-0.3, -0.25) is 0 Å². The van der Waals surface area contributed by atoms with Crippen LogP contribution in [0, 0.1) is 0 Å². The topological polar surface area (TPSA) is 220 Å². The molecular formula is C56H54N8O12. The molecule has 10 atom stereocenters. The molecule has 8 aliphatic rings. The fourth-order valence-corrected chi connectivity index (χ4v) is 12.0. The van der Waals surface area contributed by atoms with Crippen LogP contribution in [-0.4, -0.2) is 138 Å². The Morgan fingerprint density at radius 3 is 1.12 bits per heavy atom. The Bertz CT molecular complexity index is 3500. The third-order valence-corrected chi connectivity index (χ3v) is 14.9. The van der Waals surface area contributed by atoms with Crippen LogP contribution in [0.4, 0.5) is 0 Å². The second kappa shape index (κ2) is 16.5. The van der Waals surface area contributed by atoms with Gasteiger partial charge in [-0.2, -0.15) is 0 Å². The van der Waals surface area contributed by atoms with Gasteiger partial charge in [0.05, 0.1) is 10.8 Å². The van der Waals surface area contributed by atoms with Crippen molar-refractivity contribution >= 4 is 44.1 Å². The number of nitrogens with zero attached hydrogens (tertiary/aromatic N) is 6. The highest BCUT2D eigenvalue weighted by atomic mass is 16.9. The van der Waals surface area contributed by atoms with Crippen LogP contribution in [0.15, 0.2) is 84.9 Å². The fourth-order valence-electron chi connectivity index (χ4n) is 12.0. The number of hydrogen-bond donors (Lipinski definition) is 2. The molecule has 0 aliphatic carbocycles. The van der Waals surface area contributed by atoms with E-state index in [1.807, 2.05) is 140 Å². The normalized spacial score (nSPS) is 29.8. The summed E-state index contributed by atoms with van der Waals surface area (Å²) in [6, 6.07) is 27.5. The lowest BCUT2D eigenvalue weighted by molar-refractivity contribution is -0.238. The van der Waals surface area contributed by atoms with Crippen LogP contribution in [0.2, 0.25) is 0 Å². The lowest BCUT2D eigenvalue weighted by Crippen LogP contribution is -2.56. The largest absolute Gasteiger partial charge is 0.490 e. The molecule has 6 saturated heterocycles. The first-order valence-electron chi connectivity index (χ1n) is 25.8. The van der Waals surface area contributed by atoms with Crippen molar-refractivity contribution in [1.82, 2.24) is 39.9 Å². The van der Waals surface area contributed by atoms with E-state index in [0.29, 0.717) is 68.2 Å². The van der Waals surface area contributed by atoms with E-state index in [-0.39, 0.29) is 13.2 Å². The van der Waals surface area contributed by atoms with E-state index in [1.165, 1.54) is 0 Å². The summed E-state index contributed by atoms with van der Waals surface area (Å²) in [5.74, 6) is -0.988. The van der Waals surface area contributed by atoms with Crippen molar-refractivity contribution in [3.05, 3.63) is 84.9 Å².